The van der Waals surface area contributed by atoms with E-state index in [1.54, 1.807) is 4.72 Å². The van der Waals surface area contributed by atoms with Gasteiger partial charge >= 0.3 is 11.7 Å². The zero-order valence-electron chi connectivity index (χ0n) is 9.23. The Kier molecular flexibility index (Phi) is 4.18. The lowest BCUT2D eigenvalue weighted by Gasteiger charge is -2.08. The largest absolute Gasteiger partial charge is 0.418 e. The zero-order chi connectivity index (χ0) is 13.8. The molecule has 0 heterocycles. The van der Waals surface area contributed by atoms with Gasteiger partial charge in [0, 0.05) is 13.1 Å². The first-order valence-corrected chi connectivity index (χ1v) is 6.06. The van der Waals surface area contributed by atoms with Gasteiger partial charge < -0.3 is 4.74 Å². The number of para-hydroxylation sites is 2. The van der Waals surface area contributed by atoms with E-state index < -0.39 is 21.2 Å². The summed E-state index contributed by atoms with van der Waals surface area (Å²) in [6, 6.07) is 4.98. The summed E-state index contributed by atoms with van der Waals surface area (Å²) >= 11 is 0. The Balaban J connectivity index is 3.00. The van der Waals surface area contributed by atoms with Crippen LogP contribution >= 0.6 is 0 Å². The molecule has 0 unspecified atom stereocenters. The third-order valence-corrected chi connectivity index (χ3v) is 2.16. The Morgan fingerprint density at radius 2 is 2.11 bits per heavy atom. The summed E-state index contributed by atoms with van der Waals surface area (Å²) in [7, 11) is -2.83. The maximum atomic E-state index is 10.8. The summed E-state index contributed by atoms with van der Waals surface area (Å²) in [4.78, 5) is 13.5. The summed E-state index contributed by atoms with van der Waals surface area (Å²) in [5.74, 6) is -0.153. The van der Waals surface area contributed by atoms with Gasteiger partial charge in [-0.3, -0.25) is 10.1 Å². The van der Waals surface area contributed by atoms with E-state index in [-0.39, 0.29) is 11.4 Å². The molecule has 1 aromatic rings. The minimum absolute atomic E-state index is 0.153. The molecule has 3 N–H and O–H groups in total. The fourth-order valence-electron chi connectivity index (χ4n) is 1.03. The first kappa shape index (κ1) is 13.9. The highest BCUT2D eigenvalue weighted by Gasteiger charge is 2.17. The maximum Gasteiger partial charge on any atom is 0.311 e. The molecule has 0 fully saturated rings. The number of hydrogen-bond donors (Lipinski definition) is 2. The molecule has 0 atom stereocenters. The zero-order valence-corrected chi connectivity index (χ0v) is 10.0. The van der Waals surface area contributed by atoms with Crippen LogP contribution in [-0.4, -0.2) is 26.4 Å². The number of hydrogen-bond acceptors (Lipinski definition) is 6. The monoisotopic (exact) mass is 274 g/mol. The topological polar surface area (TPSA) is 137 Å². The number of amidine groups is 1. The lowest BCUT2D eigenvalue weighted by molar-refractivity contribution is -0.385. The molecule has 1 aromatic carbocycles. The van der Waals surface area contributed by atoms with Gasteiger partial charge in [0.15, 0.2) is 0 Å². The minimum atomic E-state index is -4.06. The predicted octanol–water partition coefficient (Wildman–Crippen LogP) is -0.247. The Hall–Kier alpha value is -2.20. The van der Waals surface area contributed by atoms with E-state index in [1.165, 1.54) is 31.3 Å². The lowest BCUT2D eigenvalue weighted by atomic mass is 10.3. The van der Waals surface area contributed by atoms with E-state index in [0.717, 1.165) is 0 Å². The molecule has 1 rings (SSSR count). The minimum Gasteiger partial charge on any atom is -0.418 e. The standard InChI is InChI=1S/C8H10N4O5S/c1-10-8(11-18(9,15)16)17-7-5-3-2-4-6(7)12(13)14/h2-5H,1H3,(H,10,11)(H2,9,15,16). The molecular formula is C8H10N4O5S. The summed E-state index contributed by atoms with van der Waals surface area (Å²) in [5.41, 5.74) is -0.324. The van der Waals surface area contributed by atoms with Crippen LogP contribution in [0.4, 0.5) is 5.69 Å². The van der Waals surface area contributed by atoms with Gasteiger partial charge in [-0.05, 0) is 6.07 Å². The highest BCUT2D eigenvalue weighted by Crippen LogP contribution is 2.25. The molecule has 0 aliphatic carbocycles. The Morgan fingerprint density at radius 3 is 2.61 bits per heavy atom. The number of nitrogens with zero attached hydrogens (tertiary/aromatic N) is 2. The summed E-state index contributed by atoms with van der Waals surface area (Å²) in [6.07, 6.45) is 0. The molecule has 0 aliphatic rings. The Morgan fingerprint density at radius 1 is 1.50 bits per heavy atom. The third-order valence-electron chi connectivity index (χ3n) is 1.70. The van der Waals surface area contributed by atoms with Crippen molar-refractivity contribution in [2.75, 3.05) is 7.05 Å². The number of nitro groups is 1. The van der Waals surface area contributed by atoms with Crippen LogP contribution in [0.25, 0.3) is 0 Å². The van der Waals surface area contributed by atoms with Crippen molar-refractivity contribution in [3.05, 3.63) is 34.4 Å². The summed E-state index contributed by atoms with van der Waals surface area (Å²) in [6.45, 7) is 0. The normalized spacial score (nSPS) is 12.0. The van der Waals surface area contributed by atoms with Crippen LogP contribution in [-0.2, 0) is 10.2 Å². The predicted molar refractivity (Wildman–Crippen MR) is 63.3 cm³/mol. The van der Waals surface area contributed by atoms with Crippen molar-refractivity contribution >= 4 is 21.9 Å². The first-order valence-electron chi connectivity index (χ1n) is 4.52. The van der Waals surface area contributed by atoms with Crippen LogP contribution in [0, 0.1) is 10.1 Å². The van der Waals surface area contributed by atoms with Gasteiger partial charge in [0.2, 0.25) is 5.75 Å². The number of nitro benzene ring substituents is 1. The molecule has 98 valence electrons. The fraction of sp³-hybridized carbons (Fsp3) is 0.125. The Bertz CT molecular complexity index is 583. The number of nitrogens with two attached hydrogens (primary N) is 1. The van der Waals surface area contributed by atoms with Gasteiger partial charge in [-0.25, -0.2) is 14.9 Å². The average molecular weight is 274 g/mol. The number of rotatable bonds is 3. The Labute approximate surface area is 103 Å². The quantitative estimate of drug-likeness (QED) is 0.339. The second-order valence-electron chi connectivity index (χ2n) is 3.00. The highest BCUT2D eigenvalue weighted by molar-refractivity contribution is 7.87. The second kappa shape index (κ2) is 5.42. The van der Waals surface area contributed by atoms with Gasteiger partial charge in [-0.2, -0.15) is 8.42 Å². The summed E-state index contributed by atoms with van der Waals surface area (Å²) in [5, 5.41) is 15.4. The van der Waals surface area contributed by atoms with Gasteiger partial charge in [-0.15, -0.1) is 0 Å². The summed E-state index contributed by atoms with van der Waals surface area (Å²) < 4.78 is 28.3. The molecule has 10 heteroatoms. The average Bonchev–Trinajstić information content (AvgIpc) is 2.26. The van der Waals surface area contributed by atoms with Crippen molar-refractivity contribution in [1.82, 2.24) is 4.72 Å². The molecule has 0 saturated carbocycles. The highest BCUT2D eigenvalue weighted by atomic mass is 32.2. The van der Waals surface area contributed by atoms with E-state index in [1.807, 2.05) is 0 Å². The van der Waals surface area contributed by atoms with Crippen molar-refractivity contribution in [3.63, 3.8) is 0 Å². The number of benzene rings is 1. The molecule has 0 saturated heterocycles. The molecule has 0 radical (unpaired) electrons. The van der Waals surface area contributed by atoms with Crippen molar-refractivity contribution in [1.29, 1.82) is 0 Å². The molecule has 0 aliphatic heterocycles. The molecule has 0 spiro atoms. The van der Waals surface area contributed by atoms with E-state index in [2.05, 4.69) is 4.99 Å². The van der Waals surface area contributed by atoms with Gasteiger partial charge in [0.1, 0.15) is 0 Å². The molecule has 0 aromatic heterocycles. The maximum absolute atomic E-state index is 10.8. The SMILES string of the molecule is CN=C(NS(N)(=O)=O)Oc1ccccc1[N+](=O)[O-]. The molecule has 0 bridgehead atoms. The van der Waals surface area contributed by atoms with Crippen LogP contribution in [0.5, 0.6) is 5.75 Å². The van der Waals surface area contributed by atoms with Crippen molar-refractivity contribution in [2.45, 2.75) is 0 Å². The van der Waals surface area contributed by atoms with Crippen LogP contribution in [0.2, 0.25) is 0 Å². The van der Waals surface area contributed by atoms with E-state index in [9.17, 15) is 18.5 Å². The molecule has 18 heavy (non-hydrogen) atoms. The van der Waals surface area contributed by atoms with Crippen LogP contribution in [0.1, 0.15) is 0 Å². The van der Waals surface area contributed by atoms with Crippen molar-refractivity contribution in [2.24, 2.45) is 10.1 Å². The van der Waals surface area contributed by atoms with E-state index in [0.29, 0.717) is 0 Å². The van der Waals surface area contributed by atoms with E-state index >= 15 is 0 Å². The van der Waals surface area contributed by atoms with Gasteiger partial charge in [0.05, 0.1) is 4.92 Å². The smallest absolute Gasteiger partial charge is 0.311 e. The van der Waals surface area contributed by atoms with Gasteiger partial charge in [0.25, 0.3) is 10.2 Å². The van der Waals surface area contributed by atoms with Crippen LogP contribution < -0.4 is 14.6 Å². The van der Waals surface area contributed by atoms with Crippen LogP contribution in [0.3, 0.4) is 0 Å². The number of ether oxygens (including phenoxy) is 1. The molecule has 0 amide bonds. The van der Waals surface area contributed by atoms with E-state index in [4.69, 9.17) is 9.88 Å². The third kappa shape index (κ3) is 3.99. The van der Waals surface area contributed by atoms with Crippen molar-refractivity contribution in [3.8, 4) is 5.75 Å². The number of nitrogens with one attached hydrogen (secondary N) is 1. The molecule has 9 nitrogen and oxygen atoms in total. The first-order chi connectivity index (χ1) is 8.33. The fourth-order valence-corrected chi connectivity index (χ4v) is 1.41. The van der Waals surface area contributed by atoms with Crippen LogP contribution in [0.15, 0.2) is 29.3 Å². The lowest BCUT2D eigenvalue weighted by Crippen LogP contribution is -2.39. The number of aliphatic imine (C=N–C) groups is 1. The second-order valence-corrected chi connectivity index (χ2v) is 4.30. The van der Waals surface area contributed by atoms with Gasteiger partial charge in [-0.1, -0.05) is 12.1 Å². The van der Waals surface area contributed by atoms with Crippen molar-refractivity contribution < 1.29 is 18.1 Å². The molecular weight excluding hydrogens is 264 g/mol.